The normalized spacial score (nSPS) is 11.0. The molecule has 1 aromatic heterocycles. The molecular weight excluding hydrogens is 406 g/mol. The fourth-order valence-electron chi connectivity index (χ4n) is 3.24. The molecule has 0 unspecified atom stereocenters. The van der Waals surface area contributed by atoms with Crippen LogP contribution in [0.4, 0.5) is 0 Å². The number of nitrogens with one attached hydrogen (secondary N) is 1. The molecule has 0 saturated carbocycles. The van der Waals surface area contributed by atoms with Crippen LogP contribution in [0.2, 0.25) is 0 Å². The molecule has 0 atom stereocenters. The molecule has 0 fully saturated rings. The van der Waals surface area contributed by atoms with Crippen molar-refractivity contribution >= 4 is 17.2 Å². The van der Waals surface area contributed by atoms with Crippen molar-refractivity contribution in [3.8, 4) is 22.8 Å². The lowest BCUT2D eigenvalue weighted by Gasteiger charge is -2.09. The third kappa shape index (κ3) is 6.56. The Morgan fingerprint density at radius 3 is 2.00 bits per heavy atom. The number of aromatic nitrogens is 1. The van der Waals surface area contributed by atoms with Crippen molar-refractivity contribution in [2.24, 2.45) is 5.73 Å². The van der Waals surface area contributed by atoms with E-state index in [0.29, 0.717) is 24.7 Å². The second-order valence-electron chi connectivity index (χ2n) is 7.82. The molecule has 6 heteroatoms. The number of nitrogens with zero attached hydrogens (tertiary/aromatic N) is 1. The smallest absolute Gasteiger partial charge is 0.122 e. The molecule has 3 rings (SSSR count). The van der Waals surface area contributed by atoms with E-state index in [4.69, 9.17) is 25.6 Å². The lowest BCUT2D eigenvalue weighted by atomic mass is 10.1. The Kier molecular flexibility index (Phi) is 8.06. The van der Waals surface area contributed by atoms with Gasteiger partial charge in [-0.1, -0.05) is 13.8 Å². The second-order valence-corrected chi connectivity index (χ2v) is 9.06. The van der Waals surface area contributed by atoms with E-state index in [0.717, 1.165) is 47.0 Å². The van der Waals surface area contributed by atoms with E-state index in [9.17, 15) is 0 Å². The number of ether oxygens (including phenoxy) is 2. The number of benzene rings is 2. The van der Waals surface area contributed by atoms with Crippen LogP contribution in [0.3, 0.4) is 0 Å². The zero-order chi connectivity index (χ0) is 22.2. The average Bonchev–Trinajstić information content (AvgIpc) is 3.16. The highest BCUT2D eigenvalue weighted by atomic mass is 32.1. The molecule has 0 bridgehead atoms. The van der Waals surface area contributed by atoms with Crippen LogP contribution >= 0.6 is 11.3 Å². The van der Waals surface area contributed by atoms with Crippen molar-refractivity contribution in [2.45, 2.75) is 46.0 Å². The SMILES string of the molecule is Cc1nc(-c2ccc(OCCCCCOc3ccc(C(=N)N)cc3)cc2)c(C(C)C)s1. The maximum Gasteiger partial charge on any atom is 0.122 e. The van der Waals surface area contributed by atoms with Crippen LogP contribution in [-0.4, -0.2) is 24.0 Å². The highest BCUT2D eigenvalue weighted by molar-refractivity contribution is 7.12. The van der Waals surface area contributed by atoms with Gasteiger partial charge in [-0.05, 0) is 80.6 Å². The van der Waals surface area contributed by atoms with Gasteiger partial charge in [-0.25, -0.2) is 4.98 Å². The standard InChI is InChI=1S/C25H31N3O2S/c1-17(2)24-23(28-18(3)31-24)19-7-11-21(12-8-19)29-15-5-4-6-16-30-22-13-9-20(10-14-22)25(26)27/h7-14,17H,4-6,15-16H2,1-3H3,(H3,26,27). The molecule has 3 N–H and O–H groups in total. The van der Waals surface area contributed by atoms with Crippen LogP contribution < -0.4 is 15.2 Å². The van der Waals surface area contributed by atoms with Gasteiger partial charge >= 0.3 is 0 Å². The summed E-state index contributed by atoms with van der Waals surface area (Å²) in [4.78, 5) is 6.06. The molecular formula is C25H31N3O2S. The van der Waals surface area contributed by atoms with E-state index in [1.165, 1.54) is 4.88 Å². The van der Waals surface area contributed by atoms with Gasteiger partial charge in [0.2, 0.25) is 0 Å². The summed E-state index contributed by atoms with van der Waals surface area (Å²) in [6.45, 7) is 7.85. The first-order valence-electron chi connectivity index (χ1n) is 10.7. The zero-order valence-corrected chi connectivity index (χ0v) is 19.3. The number of thiazole rings is 1. The quantitative estimate of drug-likeness (QED) is 0.214. The number of rotatable bonds is 11. The van der Waals surface area contributed by atoms with Gasteiger partial charge in [-0.3, -0.25) is 5.41 Å². The number of aryl methyl sites for hydroxylation is 1. The molecule has 2 aromatic carbocycles. The van der Waals surface area contributed by atoms with Crippen molar-refractivity contribution in [3.63, 3.8) is 0 Å². The summed E-state index contributed by atoms with van der Waals surface area (Å²) >= 11 is 1.78. The number of hydrogen-bond acceptors (Lipinski definition) is 5. The van der Waals surface area contributed by atoms with Crippen LogP contribution in [0.15, 0.2) is 48.5 Å². The highest BCUT2D eigenvalue weighted by Crippen LogP contribution is 2.34. The number of hydrogen-bond donors (Lipinski definition) is 2. The fraction of sp³-hybridized carbons (Fsp3) is 0.360. The van der Waals surface area contributed by atoms with E-state index in [1.54, 1.807) is 23.5 Å². The predicted molar refractivity (Wildman–Crippen MR) is 129 cm³/mol. The summed E-state index contributed by atoms with van der Waals surface area (Å²) < 4.78 is 11.6. The van der Waals surface area contributed by atoms with E-state index in [-0.39, 0.29) is 5.84 Å². The molecule has 0 amide bonds. The van der Waals surface area contributed by atoms with Gasteiger partial charge in [0.1, 0.15) is 17.3 Å². The summed E-state index contributed by atoms with van der Waals surface area (Å²) in [6, 6.07) is 15.6. The molecule has 164 valence electrons. The lowest BCUT2D eigenvalue weighted by molar-refractivity contribution is 0.279. The number of nitrogen functional groups attached to an aromatic ring is 1. The molecule has 1 heterocycles. The Balaban J connectivity index is 1.36. The Bertz CT molecular complexity index is 979. The fourth-order valence-corrected chi connectivity index (χ4v) is 4.19. The third-order valence-electron chi connectivity index (χ3n) is 4.90. The lowest BCUT2D eigenvalue weighted by Crippen LogP contribution is -2.10. The maximum atomic E-state index is 7.40. The van der Waals surface area contributed by atoms with Crippen LogP contribution in [0.5, 0.6) is 11.5 Å². The molecule has 0 radical (unpaired) electrons. The molecule has 0 aliphatic heterocycles. The molecule has 5 nitrogen and oxygen atoms in total. The molecule has 0 aliphatic rings. The Morgan fingerprint density at radius 1 is 0.935 bits per heavy atom. The minimum Gasteiger partial charge on any atom is -0.494 e. The molecule has 3 aromatic rings. The van der Waals surface area contributed by atoms with Crippen molar-refractivity contribution in [3.05, 3.63) is 64.0 Å². The minimum absolute atomic E-state index is 0.0692. The Labute approximate surface area is 188 Å². The van der Waals surface area contributed by atoms with Gasteiger partial charge < -0.3 is 15.2 Å². The van der Waals surface area contributed by atoms with Crippen molar-refractivity contribution in [2.75, 3.05) is 13.2 Å². The average molecular weight is 438 g/mol. The van der Waals surface area contributed by atoms with Crippen molar-refractivity contribution < 1.29 is 9.47 Å². The summed E-state index contributed by atoms with van der Waals surface area (Å²) in [5.74, 6) is 2.24. The van der Waals surface area contributed by atoms with E-state index < -0.39 is 0 Å². The first-order chi connectivity index (χ1) is 14.9. The molecule has 0 spiro atoms. The first kappa shape index (κ1) is 22.8. The van der Waals surface area contributed by atoms with E-state index in [1.807, 2.05) is 24.3 Å². The van der Waals surface area contributed by atoms with Gasteiger partial charge in [0.05, 0.1) is 23.9 Å². The number of unbranched alkanes of at least 4 members (excludes halogenated alkanes) is 2. The second kappa shape index (κ2) is 11.0. The van der Waals surface area contributed by atoms with Crippen LogP contribution in [-0.2, 0) is 0 Å². The summed E-state index contributed by atoms with van der Waals surface area (Å²) in [6.07, 6.45) is 2.99. The van der Waals surface area contributed by atoms with Crippen molar-refractivity contribution in [1.82, 2.24) is 4.98 Å². The van der Waals surface area contributed by atoms with E-state index in [2.05, 4.69) is 32.9 Å². The largest absolute Gasteiger partial charge is 0.494 e. The van der Waals surface area contributed by atoms with Gasteiger partial charge in [0.15, 0.2) is 0 Å². The van der Waals surface area contributed by atoms with Gasteiger partial charge in [-0.2, -0.15) is 0 Å². The highest BCUT2D eigenvalue weighted by Gasteiger charge is 2.14. The molecule has 31 heavy (non-hydrogen) atoms. The van der Waals surface area contributed by atoms with Crippen molar-refractivity contribution in [1.29, 1.82) is 5.41 Å². The maximum absolute atomic E-state index is 7.40. The summed E-state index contributed by atoms with van der Waals surface area (Å²) in [7, 11) is 0. The summed E-state index contributed by atoms with van der Waals surface area (Å²) in [5, 5.41) is 8.51. The van der Waals surface area contributed by atoms with Gasteiger partial charge in [-0.15, -0.1) is 11.3 Å². The van der Waals surface area contributed by atoms with E-state index >= 15 is 0 Å². The first-order valence-corrected chi connectivity index (χ1v) is 11.5. The monoisotopic (exact) mass is 437 g/mol. The Hall–Kier alpha value is -2.86. The number of amidine groups is 1. The topological polar surface area (TPSA) is 81.2 Å². The zero-order valence-electron chi connectivity index (χ0n) is 18.5. The predicted octanol–water partition coefficient (Wildman–Crippen LogP) is 6.15. The van der Waals surface area contributed by atoms with Crippen LogP contribution in [0, 0.1) is 12.3 Å². The van der Waals surface area contributed by atoms with Crippen LogP contribution in [0.1, 0.15) is 54.5 Å². The van der Waals surface area contributed by atoms with Crippen LogP contribution in [0.25, 0.3) is 11.3 Å². The molecule has 0 saturated heterocycles. The minimum atomic E-state index is 0.0692. The Morgan fingerprint density at radius 2 is 1.48 bits per heavy atom. The van der Waals surface area contributed by atoms with Gasteiger partial charge in [0.25, 0.3) is 0 Å². The third-order valence-corrected chi connectivity index (χ3v) is 6.18. The summed E-state index contributed by atoms with van der Waals surface area (Å²) in [5.41, 5.74) is 8.41. The molecule has 0 aliphatic carbocycles. The van der Waals surface area contributed by atoms with Gasteiger partial charge in [0, 0.05) is 16.0 Å². The number of nitrogens with two attached hydrogens (primary N) is 1.